The van der Waals surface area contributed by atoms with Crippen molar-refractivity contribution in [2.45, 2.75) is 25.9 Å². The van der Waals surface area contributed by atoms with Crippen LogP contribution in [-0.2, 0) is 11.3 Å². The molecule has 0 aliphatic rings. The van der Waals surface area contributed by atoms with E-state index in [1.54, 1.807) is 19.1 Å². The van der Waals surface area contributed by atoms with Crippen LogP contribution in [0.15, 0.2) is 16.5 Å². The van der Waals surface area contributed by atoms with E-state index in [1.807, 2.05) is 0 Å². The van der Waals surface area contributed by atoms with Crippen LogP contribution in [0.4, 0.5) is 4.79 Å². The van der Waals surface area contributed by atoms with Crippen molar-refractivity contribution in [3.63, 3.8) is 0 Å². The molecule has 106 valence electrons. The number of carboxylic acid groups (broad SMARTS) is 1. The summed E-state index contributed by atoms with van der Waals surface area (Å²) in [7, 11) is 1.53. The van der Waals surface area contributed by atoms with E-state index in [2.05, 4.69) is 5.32 Å². The second-order valence-electron chi connectivity index (χ2n) is 4.22. The normalized spacial score (nSPS) is 11.9. The van der Waals surface area contributed by atoms with Gasteiger partial charge in [-0.25, -0.2) is 9.59 Å². The molecule has 0 aliphatic heterocycles. The minimum absolute atomic E-state index is 0.0330. The molecule has 1 rings (SSSR count). The summed E-state index contributed by atoms with van der Waals surface area (Å²) >= 11 is 0. The topological polar surface area (TPSA) is 103 Å². The number of aliphatic hydroxyl groups excluding tert-OH is 1. The molecule has 0 fully saturated rings. The monoisotopic (exact) mass is 270 g/mol. The molecule has 3 N–H and O–H groups in total. The Morgan fingerprint density at radius 1 is 1.47 bits per heavy atom. The second-order valence-corrected chi connectivity index (χ2v) is 4.22. The number of aryl methyl sites for hydroxylation is 1. The van der Waals surface area contributed by atoms with Crippen molar-refractivity contribution in [3.8, 4) is 0 Å². The maximum atomic E-state index is 11.8. The molecular weight excluding hydrogens is 252 g/mol. The number of nitrogens with one attached hydrogen (secondary N) is 1. The summed E-state index contributed by atoms with van der Waals surface area (Å²) < 4.78 is 5.33. The van der Waals surface area contributed by atoms with Gasteiger partial charge in [-0.15, -0.1) is 0 Å². The largest absolute Gasteiger partial charge is 0.480 e. The van der Waals surface area contributed by atoms with Gasteiger partial charge in [-0.3, -0.25) is 0 Å². The maximum Gasteiger partial charge on any atom is 0.326 e. The first-order valence-electron chi connectivity index (χ1n) is 5.84. The molecule has 0 bridgehead atoms. The second kappa shape index (κ2) is 6.79. The predicted molar refractivity (Wildman–Crippen MR) is 66.6 cm³/mol. The number of urea groups is 1. The van der Waals surface area contributed by atoms with E-state index < -0.39 is 18.0 Å². The van der Waals surface area contributed by atoms with Gasteiger partial charge in [0.15, 0.2) is 0 Å². The lowest BCUT2D eigenvalue weighted by Crippen LogP contribution is -2.46. The third-order valence-corrected chi connectivity index (χ3v) is 2.55. The summed E-state index contributed by atoms with van der Waals surface area (Å²) in [5.41, 5.74) is 0. The Morgan fingerprint density at radius 3 is 2.63 bits per heavy atom. The fourth-order valence-corrected chi connectivity index (χ4v) is 1.52. The van der Waals surface area contributed by atoms with Crippen LogP contribution in [0.1, 0.15) is 17.9 Å². The fourth-order valence-electron chi connectivity index (χ4n) is 1.52. The number of carboxylic acids is 1. The van der Waals surface area contributed by atoms with Gasteiger partial charge in [-0.2, -0.15) is 0 Å². The van der Waals surface area contributed by atoms with Crippen LogP contribution in [0.3, 0.4) is 0 Å². The lowest BCUT2D eigenvalue weighted by atomic mass is 10.2. The Morgan fingerprint density at radius 2 is 2.16 bits per heavy atom. The van der Waals surface area contributed by atoms with Crippen molar-refractivity contribution >= 4 is 12.0 Å². The van der Waals surface area contributed by atoms with Crippen molar-refractivity contribution < 1.29 is 24.2 Å². The van der Waals surface area contributed by atoms with E-state index in [0.717, 1.165) is 5.76 Å². The molecule has 7 heteroatoms. The van der Waals surface area contributed by atoms with E-state index >= 15 is 0 Å². The zero-order valence-electron chi connectivity index (χ0n) is 10.9. The van der Waals surface area contributed by atoms with Crippen LogP contribution in [0.2, 0.25) is 0 Å². The van der Waals surface area contributed by atoms with Crippen molar-refractivity contribution in [1.82, 2.24) is 10.2 Å². The number of carbonyl (C=O) groups is 2. The third-order valence-electron chi connectivity index (χ3n) is 2.55. The molecule has 1 aromatic rings. The van der Waals surface area contributed by atoms with Gasteiger partial charge in [-0.05, 0) is 19.1 Å². The van der Waals surface area contributed by atoms with Crippen LogP contribution in [0, 0.1) is 6.92 Å². The third kappa shape index (κ3) is 4.63. The van der Waals surface area contributed by atoms with E-state index in [1.165, 1.54) is 11.9 Å². The molecule has 1 atom stereocenters. The Kier molecular flexibility index (Phi) is 5.37. The first-order chi connectivity index (χ1) is 8.93. The Labute approximate surface area is 110 Å². The molecule has 19 heavy (non-hydrogen) atoms. The quantitative estimate of drug-likeness (QED) is 0.701. The first-order valence-corrected chi connectivity index (χ1v) is 5.84. The zero-order valence-corrected chi connectivity index (χ0v) is 10.9. The average molecular weight is 270 g/mol. The number of furan rings is 1. The highest BCUT2D eigenvalue weighted by molar-refractivity contribution is 5.82. The molecule has 0 aliphatic carbocycles. The molecule has 0 saturated carbocycles. The number of rotatable bonds is 6. The summed E-state index contributed by atoms with van der Waals surface area (Å²) in [6.45, 7) is 1.73. The Bertz CT molecular complexity index is 443. The Hall–Kier alpha value is -2.02. The van der Waals surface area contributed by atoms with Gasteiger partial charge in [0.05, 0.1) is 6.54 Å². The van der Waals surface area contributed by atoms with Gasteiger partial charge in [0, 0.05) is 20.1 Å². The number of aliphatic hydroxyl groups is 1. The summed E-state index contributed by atoms with van der Waals surface area (Å²) in [6, 6.07) is 1.90. The van der Waals surface area contributed by atoms with Gasteiger partial charge in [-0.1, -0.05) is 0 Å². The molecule has 1 aromatic heterocycles. The van der Waals surface area contributed by atoms with Crippen LogP contribution in [0.25, 0.3) is 0 Å². The number of nitrogens with zero attached hydrogens (tertiary/aromatic N) is 1. The average Bonchev–Trinajstić information content (AvgIpc) is 2.73. The van der Waals surface area contributed by atoms with Crippen molar-refractivity contribution in [1.29, 1.82) is 0 Å². The van der Waals surface area contributed by atoms with Crippen LogP contribution < -0.4 is 5.32 Å². The van der Waals surface area contributed by atoms with Crippen molar-refractivity contribution in [2.75, 3.05) is 13.7 Å². The highest BCUT2D eigenvalue weighted by Gasteiger charge is 2.21. The molecule has 0 saturated heterocycles. The summed E-state index contributed by atoms with van der Waals surface area (Å²) in [4.78, 5) is 23.9. The predicted octanol–water partition coefficient (Wildman–Crippen LogP) is 0.565. The van der Waals surface area contributed by atoms with Gasteiger partial charge in [0.25, 0.3) is 0 Å². The van der Waals surface area contributed by atoms with Gasteiger partial charge >= 0.3 is 12.0 Å². The minimum atomic E-state index is -1.18. The number of hydrogen-bond acceptors (Lipinski definition) is 4. The molecule has 0 spiro atoms. The molecule has 1 unspecified atom stereocenters. The van der Waals surface area contributed by atoms with Crippen LogP contribution in [-0.4, -0.2) is 46.8 Å². The van der Waals surface area contributed by atoms with Gasteiger partial charge in [0.1, 0.15) is 17.6 Å². The standard InChI is InChI=1S/C12H18N2O5/c1-8-3-4-9(19-8)7-14(2)12(18)13-10(5-6-15)11(16)17/h3-4,10,15H,5-7H2,1-2H3,(H,13,18)(H,16,17). The molecular formula is C12H18N2O5. The SMILES string of the molecule is Cc1ccc(CN(C)C(=O)NC(CCO)C(=O)O)o1. The summed E-state index contributed by atoms with van der Waals surface area (Å²) in [5.74, 6) is 0.182. The fraction of sp³-hybridized carbons (Fsp3) is 0.500. The molecule has 0 radical (unpaired) electrons. The lowest BCUT2D eigenvalue weighted by Gasteiger charge is -2.20. The maximum absolute atomic E-state index is 11.8. The van der Waals surface area contributed by atoms with Gasteiger partial charge in [0.2, 0.25) is 0 Å². The van der Waals surface area contributed by atoms with Gasteiger partial charge < -0.3 is 24.8 Å². The van der Waals surface area contributed by atoms with Crippen molar-refractivity contribution in [3.05, 3.63) is 23.7 Å². The molecule has 0 aromatic carbocycles. The van der Waals surface area contributed by atoms with E-state index in [0.29, 0.717) is 5.76 Å². The highest BCUT2D eigenvalue weighted by Crippen LogP contribution is 2.08. The smallest absolute Gasteiger partial charge is 0.326 e. The van der Waals surface area contributed by atoms with Crippen LogP contribution >= 0.6 is 0 Å². The zero-order chi connectivity index (χ0) is 14.4. The Balaban J connectivity index is 2.54. The number of aliphatic carboxylic acids is 1. The highest BCUT2D eigenvalue weighted by atomic mass is 16.4. The van der Waals surface area contributed by atoms with E-state index in [4.69, 9.17) is 14.6 Å². The molecule has 7 nitrogen and oxygen atoms in total. The lowest BCUT2D eigenvalue weighted by molar-refractivity contribution is -0.139. The number of amides is 2. The first kappa shape index (κ1) is 15.0. The molecule has 1 heterocycles. The van der Waals surface area contributed by atoms with E-state index in [-0.39, 0.29) is 19.6 Å². The number of hydrogen-bond donors (Lipinski definition) is 3. The summed E-state index contributed by atoms with van der Waals surface area (Å²) in [5, 5.41) is 19.9. The minimum Gasteiger partial charge on any atom is -0.480 e. The molecule has 2 amide bonds. The van der Waals surface area contributed by atoms with E-state index in [9.17, 15) is 9.59 Å². The number of carbonyl (C=O) groups excluding carboxylic acids is 1. The summed E-state index contributed by atoms with van der Waals surface area (Å²) in [6.07, 6.45) is -0.0330. The van der Waals surface area contributed by atoms with Crippen molar-refractivity contribution in [2.24, 2.45) is 0 Å². The van der Waals surface area contributed by atoms with Crippen LogP contribution in [0.5, 0.6) is 0 Å².